The lowest BCUT2D eigenvalue weighted by Gasteiger charge is -2.24. The first-order valence-corrected chi connectivity index (χ1v) is 7.92. The highest BCUT2D eigenvalue weighted by Crippen LogP contribution is 2.34. The van der Waals surface area contributed by atoms with Crippen molar-refractivity contribution in [3.63, 3.8) is 0 Å². The summed E-state index contributed by atoms with van der Waals surface area (Å²) >= 11 is 0. The van der Waals surface area contributed by atoms with Gasteiger partial charge >= 0.3 is 0 Å². The van der Waals surface area contributed by atoms with Crippen LogP contribution >= 0.6 is 0 Å². The molecule has 2 heterocycles. The maximum Gasteiger partial charge on any atom is 0.0817 e. The molecule has 2 fully saturated rings. The van der Waals surface area contributed by atoms with Gasteiger partial charge in [-0.1, -0.05) is 13.8 Å². The molecule has 0 radical (unpaired) electrons. The highest BCUT2D eigenvalue weighted by molar-refractivity contribution is 4.85. The van der Waals surface area contributed by atoms with E-state index in [4.69, 9.17) is 14.2 Å². The van der Waals surface area contributed by atoms with E-state index in [0.717, 1.165) is 51.7 Å². The Morgan fingerprint density at radius 3 is 1.63 bits per heavy atom. The van der Waals surface area contributed by atoms with Crippen LogP contribution in [-0.2, 0) is 14.2 Å². The summed E-state index contributed by atoms with van der Waals surface area (Å²) in [4.78, 5) is 0. The molecule has 2 aliphatic rings. The summed E-state index contributed by atoms with van der Waals surface area (Å²) in [6.45, 7) is 10.2. The third-order valence-electron chi connectivity index (χ3n) is 5.00. The van der Waals surface area contributed by atoms with Crippen LogP contribution in [0.25, 0.3) is 0 Å². The van der Waals surface area contributed by atoms with Crippen molar-refractivity contribution in [1.29, 1.82) is 0 Å². The molecule has 0 saturated carbocycles. The largest absolute Gasteiger partial charge is 0.376 e. The maximum atomic E-state index is 6.06. The predicted molar refractivity (Wildman–Crippen MR) is 76.4 cm³/mol. The molecule has 3 nitrogen and oxygen atoms in total. The molecule has 0 aliphatic carbocycles. The number of hydrogen-bond acceptors (Lipinski definition) is 3. The molecule has 2 saturated heterocycles. The molecular weight excluding hydrogens is 240 g/mol. The molecule has 4 unspecified atom stereocenters. The Balaban J connectivity index is 1.63. The first kappa shape index (κ1) is 15.3. The standard InChI is InChI=1S/C16H30O3/c1-5-15(3)9-7-13(18-15)11-17-12-14-8-10-16(4,6-2)19-14/h13-14H,5-12H2,1-4H3. The van der Waals surface area contributed by atoms with Gasteiger partial charge in [-0.2, -0.15) is 0 Å². The minimum absolute atomic E-state index is 0.0820. The number of hydrogen-bond donors (Lipinski definition) is 0. The summed E-state index contributed by atoms with van der Waals surface area (Å²) in [5.41, 5.74) is 0.164. The minimum Gasteiger partial charge on any atom is -0.376 e. The van der Waals surface area contributed by atoms with Crippen molar-refractivity contribution < 1.29 is 14.2 Å². The molecule has 0 bridgehead atoms. The fourth-order valence-electron chi connectivity index (χ4n) is 3.06. The van der Waals surface area contributed by atoms with Gasteiger partial charge in [-0.3, -0.25) is 0 Å². The van der Waals surface area contributed by atoms with Crippen LogP contribution in [-0.4, -0.2) is 36.6 Å². The molecule has 2 rings (SSSR count). The summed E-state index contributed by atoms with van der Waals surface area (Å²) in [7, 11) is 0. The predicted octanol–water partition coefficient (Wildman–Crippen LogP) is 3.70. The van der Waals surface area contributed by atoms with Crippen LogP contribution in [0, 0.1) is 0 Å². The summed E-state index contributed by atoms with van der Waals surface area (Å²) < 4.78 is 17.9. The van der Waals surface area contributed by atoms with Crippen molar-refractivity contribution in [1.82, 2.24) is 0 Å². The second kappa shape index (κ2) is 6.11. The van der Waals surface area contributed by atoms with Crippen molar-refractivity contribution in [3.05, 3.63) is 0 Å². The summed E-state index contributed by atoms with van der Waals surface area (Å²) in [5.74, 6) is 0. The molecule has 0 aromatic heterocycles. The SMILES string of the molecule is CCC1(C)CCC(COCC2CCC(C)(CC)O2)O1. The minimum atomic E-state index is 0.0820. The Labute approximate surface area is 118 Å². The van der Waals surface area contributed by atoms with Crippen LogP contribution in [0.3, 0.4) is 0 Å². The Morgan fingerprint density at radius 2 is 1.32 bits per heavy atom. The van der Waals surface area contributed by atoms with Crippen LogP contribution in [0.5, 0.6) is 0 Å². The van der Waals surface area contributed by atoms with Gasteiger partial charge in [-0.25, -0.2) is 0 Å². The van der Waals surface area contributed by atoms with E-state index in [0.29, 0.717) is 0 Å². The van der Waals surface area contributed by atoms with Gasteiger partial charge in [0.15, 0.2) is 0 Å². The average Bonchev–Trinajstić information content (AvgIpc) is 2.96. The topological polar surface area (TPSA) is 27.7 Å². The van der Waals surface area contributed by atoms with Gasteiger partial charge in [0.2, 0.25) is 0 Å². The zero-order valence-electron chi connectivity index (χ0n) is 13.0. The summed E-state index contributed by atoms with van der Waals surface area (Å²) in [6.07, 6.45) is 7.31. The van der Waals surface area contributed by atoms with E-state index < -0.39 is 0 Å². The Kier molecular flexibility index (Phi) is 4.91. The van der Waals surface area contributed by atoms with Gasteiger partial charge in [0.05, 0.1) is 36.6 Å². The highest BCUT2D eigenvalue weighted by Gasteiger charge is 2.36. The fourth-order valence-corrected chi connectivity index (χ4v) is 3.06. The zero-order valence-corrected chi connectivity index (χ0v) is 13.0. The van der Waals surface area contributed by atoms with E-state index >= 15 is 0 Å². The molecule has 4 atom stereocenters. The van der Waals surface area contributed by atoms with Gasteiger partial charge in [0.25, 0.3) is 0 Å². The van der Waals surface area contributed by atoms with Crippen molar-refractivity contribution in [2.75, 3.05) is 13.2 Å². The van der Waals surface area contributed by atoms with E-state index in [1.165, 1.54) is 0 Å². The normalized spacial score (nSPS) is 42.9. The molecule has 112 valence electrons. The third kappa shape index (κ3) is 3.93. The Hall–Kier alpha value is -0.120. The Bertz CT molecular complexity index is 266. The summed E-state index contributed by atoms with van der Waals surface area (Å²) in [6, 6.07) is 0. The average molecular weight is 270 g/mol. The highest BCUT2D eigenvalue weighted by atomic mass is 16.6. The first-order valence-electron chi connectivity index (χ1n) is 7.92. The molecule has 0 amide bonds. The fraction of sp³-hybridized carbons (Fsp3) is 1.00. The van der Waals surface area contributed by atoms with E-state index in [2.05, 4.69) is 27.7 Å². The second-order valence-electron chi connectivity index (χ2n) is 6.70. The van der Waals surface area contributed by atoms with E-state index in [1.54, 1.807) is 0 Å². The van der Waals surface area contributed by atoms with Gasteiger partial charge < -0.3 is 14.2 Å². The summed E-state index contributed by atoms with van der Waals surface area (Å²) in [5, 5.41) is 0. The second-order valence-corrected chi connectivity index (χ2v) is 6.70. The van der Waals surface area contributed by atoms with Gasteiger partial charge in [0.1, 0.15) is 0 Å². The first-order chi connectivity index (χ1) is 8.99. The molecule has 0 spiro atoms. The lowest BCUT2D eigenvalue weighted by molar-refractivity contribution is -0.0935. The van der Waals surface area contributed by atoms with Gasteiger partial charge in [-0.05, 0) is 52.4 Å². The quantitative estimate of drug-likeness (QED) is 0.736. The van der Waals surface area contributed by atoms with Crippen molar-refractivity contribution in [2.45, 2.75) is 89.6 Å². The van der Waals surface area contributed by atoms with Crippen LogP contribution in [0.4, 0.5) is 0 Å². The van der Waals surface area contributed by atoms with Gasteiger partial charge in [-0.15, -0.1) is 0 Å². The maximum absolute atomic E-state index is 6.06. The van der Waals surface area contributed by atoms with E-state index in [1.807, 2.05) is 0 Å². The molecule has 0 aromatic carbocycles. The molecular formula is C16H30O3. The lowest BCUT2D eigenvalue weighted by Crippen LogP contribution is -2.28. The molecule has 3 heteroatoms. The van der Waals surface area contributed by atoms with Crippen LogP contribution in [0.1, 0.15) is 66.2 Å². The molecule has 19 heavy (non-hydrogen) atoms. The Morgan fingerprint density at radius 1 is 0.895 bits per heavy atom. The van der Waals surface area contributed by atoms with Gasteiger partial charge in [0, 0.05) is 0 Å². The van der Waals surface area contributed by atoms with Crippen molar-refractivity contribution >= 4 is 0 Å². The van der Waals surface area contributed by atoms with Crippen molar-refractivity contribution in [2.24, 2.45) is 0 Å². The molecule has 0 N–H and O–H groups in total. The van der Waals surface area contributed by atoms with Crippen LogP contribution in [0.2, 0.25) is 0 Å². The van der Waals surface area contributed by atoms with E-state index in [-0.39, 0.29) is 23.4 Å². The van der Waals surface area contributed by atoms with Crippen LogP contribution < -0.4 is 0 Å². The molecule has 2 aliphatic heterocycles. The number of rotatable bonds is 6. The number of ether oxygens (including phenoxy) is 3. The molecule has 0 aromatic rings. The van der Waals surface area contributed by atoms with E-state index in [9.17, 15) is 0 Å². The van der Waals surface area contributed by atoms with Crippen molar-refractivity contribution in [3.8, 4) is 0 Å². The third-order valence-corrected chi connectivity index (χ3v) is 5.00. The zero-order chi connectivity index (χ0) is 13.9. The van der Waals surface area contributed by atoms with Crippen LogP contribution in [0.15, 0.2) is 0 Å². The smallest absolute Gasteiger partial charge is 0.0817 e. The lowest BCUT2D eigenvalue weighted by atomic mass is 9.99. The monoisotopic (exact) mass is 270 g/mol.